The van der Waals surface area contributed by atoms with Crippen LogP contribution in [-0.2, 0) is 13.0 Å². The maximum absolute atomic E-state index is 12.9. The molecule has 17 heavy (non-hydrogen) atoms. The Morgan fingerprint density at radius 2 is 1.82 bits per heavy atom. The lowest BCUT2D eigenvalue weighted by molar-refractivity contribution is 0.575. The largest absolute Gasteiger partial charge is 0.312 e. The second kappa shape index (κ2) is 5.89. The summed E-state index contributed by atoms with van der Waals surface area (Å²) in [5.74, 6) is -1.06. The van der Waals surface area contributed by atoms with Crippen molar-refractivity contribution in [2.45, 2.75) is 13.0 Å². The maximum atomic E-state index is 12.9. The second-order valence-corrected chi connectivity index (χ2v) is 4.62. The van der Waals surface area contributed by atoms with Gasteiger partial charge in [-0.3, -0.25) is 0 Å². The lowest BCUT2D eigenvalue weighted by Gasteiger charge is -2.04. The van der Waals surface area contributed by atoms with Gasteiger partial charge < -0.3 is 5.32 Å². The van der Waals surface area contributed by atoms with Crippen LogP contribution in [0.2, 0.25) is 0 Å². The molecule has 90 valence electrons. The molecular formula is C13H13F2NS. The summed E-state index contributed by atoms with van der Waals surface area (Å²) < 4.78 is 25.8. The molecule has 0 aliphatic rings. The summed E-state index contributed by atoms with van der Waals surface area (Å²) in [5, 5.41) is 7.31. The van der Waals surface area contributed by atoms with E-state index in [1.807, 2.05) is 5.38 Å². The van der Waals surface area contributed by atoms with Gasteiger partial charge in [0.2, 0.25) is 0 Å². The molecule has 0 aliphatic heterocycles. The van der Waals surface area contributed by atoms with Gasteiger partial charge in [-0.2, -0.15) is 11.3 Å². The van der Waals surface area contributed by atoms with Crippen molar-refractivity contribution in [1.29, 1.82) is 0 Å². The SMILES string of the molecule is Fc1cc(F)cc(CNCCc2ccsc2)c1. The Morgan fingerprint density at radius 1 is 1.06 bits per heavy atom. The minimum absolute atomic E-state index is 0.485. The van der Waals surface area contributed by atoms with Gasteiger partial charge in [0.1, 0.15) is 11.6 Å². The summed E-state index contributed by atoms with van der Waals surface area (Å²) in [6.45, 7) is 1.29. The highest BCUT2D eigenvalue weighted by Gasteiger charge is 2.00. The van der Waals surface area contributed by atoms with Gasteiger partial charge in [0.15, 0.2) is 0 Å². The standard InChI is InChI=1S/C13H13F2NS/c14-12-5-11(6-13(15)7-12)8-16-3-1-10-2-4-17-9-10/h2,4-7,9,16H,1,3,8H2. The normalized spacial score (nSPS) is 10.7. The molecule has 1 heterocycles. The minimum atomic E-state index is -0.528. The van der Waals surface area contributed by atoms with Crippen LogP contribution in [0.25, 0.3) is 0 Å². The first-order chi connectivity index (χ1) is 8.24. The van der Waals surface area contributed by atoms with Crippen molar-refractivity contribution < 1.29 is 8.78 Å². The lowest BCUT2D eigenvalue weighted by atomic mass is 10.2. The number of thiophene rings is 1. The molecule has 0 fully saturated rings. The van der Waals surface area contributed by atoms with E-state index in [9.17, 15) is 8.78 Å². The van der Waals surface area contributed by atoms with Crippen LogP contribution >= 0.6 is 11.3 Å². The molecule has 1 N–H and O–H groups in total. The van der Waals surface area contributed by atoms with Crippen LogP contribution in [0.4, 0.5) is 8.78 Å². The number of rotatable bonds is 5. The molecule has 0 amide bonds. The van der Waals surface area contributed by atoms with Gasteiger partial charge in [-0.05, 0) is 53.1 Å². The van der Waals surface area contributed by atoms with E-state index >= 15 is 0 Å². The Morgan fingerprint density at radius 3 is 2.47 bits per heavy atom. The summed E-state index contributed by atoms with van der Waals surface area (Å²) in [6.07, 6.45) is 0.932. The Bertz CT molecular complexity index is 448. The molecule has 2 rings (SSSR count). The Kier molecular flexibility index (Phi) is 4.23. The van der Waals surface area contributed by atoms with Crippen LogP contribution in [0, 0.1) is 11.6 Å². The van der Waals surface area contributed by atoms with E-state index < -0.39 is 11.6 Å². The molecule has 0 unspecified atom stereocenters. The van der Waals surface area contributed by atoms with Crippen molar-refractivity contribution in [2.24, 2.45) is 0 Å². The third-order valence-electron chi connectivity index (χ3n) is 2.42. The molecule has 1 aromatic heterocycles. The van der Waals surface area contributed by atoms with Crippen molar-refractivity contribution in [2.75, 3.05) is 6.54 Å². The fourth-order valence-electron chi connectivity index (χ4n) is 1.61. The molecule has 2 aromatic rings. The third kappa shape index (κ3) is 3.91. The highest BCUT2D eigenvalue weighted by atomic mass is 32.1. The quantitative estimate of drug-likeness (QED) is 0.806. The summed E-state index contributed by atoms with van der Waals surface area (Å²) in [7, 11) is 0. The van der Waals surface area contributed by atoms with E-state index in [1.54, 1.807) is 11.3 Å². The number of hydrogen-bond acceptors (Lipinski definition) is 2. The average molecular weight is 253 g/mol. The third-order valence-corrected chi connectivity index (χ3v) is 3.15. The summed E-state index contributed by atoms with van der Waals surface area (Å²) in [5.41, 5.74) is 1.92. The van der Waals surface area contributed by atoms with E-state index in [1.165, 1.54) is 17.7 Å². The monoisotopic (exact) mass is 253 g/mol. The van der Waals surface area contributed by atoms with E-state index in [0.717, 1.165) is 19.0 Å². The average Bonchev–Trinajstić information content (AvgIpc) is 2.76. The Balaban J connectivity index is 1.78. The zero-order valence-electron chi connectivity index (χ0n) is 9.25. The van der Waals surface area contributed by atoms with Gasteiger partial charge in [0.25, 0.3) is 0 Å². The number of nitrogens with one attached hydrogen (secondary N) is 1. The predicted octanol–water partition coefficient (Wildman–Crippen LogP) is 3.36. The van der Waals surface area contributed by atoms with Crippen LogP contribution in [0.1, 0.15) is 11.1 Å². The minimum Gasteiger partial charge on any atom is -0.312 e. The molecule has 0 atom stereocenters. The summed E-state index contributed by atoms with van der Waals surface area (Å²) >= 11 is 1.67. The molecule has 0 radical (unpaired) electrons. The van der Waals surface area contributed by atoms with Crippen molar-refractivity contribution in [3.8, 4) is 0 Å². The number of halogens is 2. The lowest BCUT2D eigenvalue weighted by Crippen LogP contribution is -2.16. The molecular weight excluding hydrogens is 240 g/mol. The van der Waals surface area contributed by atoms with Crippen LogP contribution in [0.3, 0.4) is 0 Å². The predicted molar refractivity (Wildman–Crippen MR) is 66.1 cm³/mol. The molecule has 1 nitrogen and oxygen atoms in total. The molecule has 0 saturated carbocycles. The molecule has 4 heteroatoms. The fraction of sp³-hybridized carbons (Fsp3) is 0.231. The fourth-order valence-corrected chi connectivity index (χ4v) is 2.32. The molecule has 0 aliphatic carbocycles. The zero-order valence-corrected chi connectivity index (χ0v) is 10.1. The van der Waals surface area contributed by atoms with Gasteiger partial charge in [0, 0.05) is 12.6 Å². The number of benzene rings is 1. The van der Waals surface area contributed by atoms with E-state index in [4.69, 9.17) is 0 Å². The molecule has 0 bridgehead atoms. The molecule has 1 aromatic carbocycles. The highest BCUT2D eigenvalue weighted by Crippen LogP contribution is 2.08. The Hall–Kier alpha value is -1.26. The topological polar surface area (TPSA) is 12.0 Å². The van der Waals surface area contributed by atoms with Crippen molar-refractivity contribution in [1.82, 2.24) is 5.32 Å². The van der Waals surface area contributed by atoms with Gasteiger partial charge in [-0.25, -0.2) is 8.78 Å². The van der Waals surface area contributed by atoms with Gasteiger partial charge in [-0.15, -0.1) is 0 Å². The maximum Gasteiger partial charge on any atom is 0.126 e. The summed E-state index contributed by atoms with van der Waals surface area (Å²) in [4.78, 5) is 0. The summed E-state index contributed by atoms with van der Waals surface area (Å²) in [6, 6.07) is 5.66. The van der Waals surface area contributed by atoms with Crippen LogP contribution in [-0.4, -0.2) is 6.54 Å². The molecule has 0 spiro atoms. The van der Waals surface area contributed by atoms with Gasteiger partial charge >= 0.3 is 0 Å². The van der Waals surface area contributed by atoms with Crippen LogP contribution in [0.15, 0.2) is 35.0 Å². The number of hydrogen-bond donors (Lipinski definition) is 1. The Labute approximate surface area is 103 Å². The highest BCUT2D eigenvalue weighted by molar-refractivity contribution is 7.07. The molecule has 0 saturated heterocycles. The van der Waals surface area contributed by atoms with Gasteiger partial charge in [0.05, 0.1) is 0 Å². The van der Waals surface area contributed by atoms with E-state index in [0.29, 0.717) is 12.1 Å². The zero-order chi connectivity index (χ0) is 12.1. The first-order valence-electron chi connectivity index (χ1n) is 5.41. The second-order valence-electron chi connectivity index (χ2n) is 3.84. The smallest absolute Gasteiger partial charge is 0.126 e. The van der Waals surface area contributed by atoms with Crippen molar-refractivity contribution >= 4 is 11.3 Å². The first kappa shape index (κ1) is 12.2. The van der Waals surface area contributed by atoms with E-state index in [2.05, 4.69) is 16.8 Å². The van der Waals surface area contributed by atoms with E-state index in [-0.39, 0.29) is 0 Å². The first-order valence-corrected chi connectivity index (χ1v) is 6.35. The van der Waals surface area contributed by atoms with Crippen LogP contribution in [0.5, 0.6) is 0 Å². The van der Waals surface area contributed by atoms with Gasteiger partial charge in [-0.1, -0.05) is 0 Å². The van der Waals surface area contributed by atoms with Crippen molar-refractivity contribution in [3.05, 3.63) is 57.8 Å². The van der Waals surface area contributed by atoms with Crippen molar-refractivity contribution in [3.63, 3.8) is 0 Å². The van der Waals surface area contributed by atoms with Crippen LogP contribution < -0.4 is 5.32 Å².